The van der Waals surface area contributed by atoms with Gasteiger partial charge < -0.3 is 24.6 Å². The highest BCUT2D eigenvalue weighted by Gasteiger charge is 2.52. The maximum Gasteiger partial charge on any atom is 0.270 e. The van der Waals surface area contributed by atoms with Gasteiger partial charge in [0.15, 0.2) is 18.1 Å². The van der Waals surface area contributed by atoms with E-state index in [9.17, 15) is 20.5 Å². The van der Waals surface area contributed by atoms with Crippen LogP contribution < -0.4 is 15.4 Å². The van der Waals surface area contributed by atoms with Gasteiger partial charge in [-0.3, -0.25) is 15.4 Å². The predicted molar refractivity (Wildman–Crippen MR) is 118 cm³/mol. The molecule has 0 aliphatic carbocycles. The highest BCUT2D eigenvalue weighted by Crippen LogP contribution is 2.43. The number of non-ortho nitro benzene ring substituents is 1. The highest BCUT2D eigenvalue weighted by molar-refractivity contribution is 5.82. The number of ether oxygens (including phenoxy) is 3. The van der Waals surface area contributed by atoms with E-state index in [0.717, 1.165) is 5.56 Å². The van der Waals surface area contributed by atoms with E-state index < -0.39 is 29.0 Å². The molecule has 0 saturated carbocycles. The zero-order valence-corrected chi connectivity index (χ0v) is 18.4. The fourth-order valence-corrected chi connectivity index (χ4v) is 3.77. The number of nitrogens with one attached hydrogen (secondary N) is 2. The van der Waals surface area contributed by atoms with Crippen LogP contribution >= 0.6 is 0 Å². The number of nitro benzene ring substituents is 1. The lowest BCUT2D eigenvalue weighted by atomic mass is 9.84. The second kappa shape index (κ2) is 10.3. The van der Waals surface area contributed by atoms with E-state index >= 15 is 0 Å². The molecule has 11 nitrogen and oxygen atoms in total. The molecule has 0 saturated heterocycles. The third-order valence-corrected chi connectivity index (χ3v) is 5.40. The Balaban J connectivity index is 2.03. The molecule has 0 radical (unpaired) electrons. The number of rotatable bonds is 7. The largest absolute Gasteiger partial charge is 0.479 e. The summed E-state index contributed by atoms with van der Waals surface area (Å²) in [5.74, 6) is 0.378. The van der Waals surface area contributed by atoms with E-state index in [1.165, 1.54) is 32.4 Å². The van der Waals surface area contributed by atoms with Gasteiger partial charge >= 0.3 is 0 Å². The first-order valence-corrected chi connectivity index (χ1v) is 10.0. The van der Waals surface area contributed by atoms with Gasteiger partial charge in [-0.15, -0.1) is 0 Å². The molecule has 3 rings (SSSR count). The lowest BCUT2D eigenvalue weighted by Gasteiger charge is -2.46. The molecule has 3 atom stereocenters. The summed E-state index contributed by atoms with van der Waals surface area (Å²) in [6, 6.07) is 12.5. The fraction of sp³-hybridized carbons (Fsp3) is 0.364. The average molecular weight is 455 g/mol. The first kappa shape index (κ1) is 23.9. The van der Waals surface area contributed by atoms with E-state index in [2.05, 4.69) is 15.6 Å². The Kier molecular flexibility index (Phi) is 7.44. The molecule has 0 amide bonds. The minimum Gasteiger partial charge on any atom is -0.479 e. The molecule has 1 heterocycles. The van der Waals surface area contributed by atoms with Gasteiger partial charge in [0.2, 0.25) is 5.96 Å². The molecule has 0 unspecified atom stereocenters. The first-order valence-electron chi connectivity index (χ1n) is 10.0. The second-order valence-corrected chi connectivity index (χ2v) is 7.52. The lowest BCUT2D eigenvalue weighted by molar-refractivity contribution is -0.385. The molecule has 2 aromatic carbocycles. The van der Waals surface area contributed by atoms with E-state index in [0.29, 0.717) is 11.3 Å². The van der Waals surface area contributed by atoms with Crippen LogP contribution in [0.4, 0.5) is 5.69 Å². The zero-order chi connectivity index (χ0) is 24.0. The number of nitrogens with zero attached hydrogens (tertiary/aromatic N) is 3. The highest BCUT2D eigenvalue weighted by atomic mass is 16.7. The molecular weight excluding hydrogens is 430 g/mol. The van der Waals surface area contributed by atoms with E-state index in [1.54, 1.807) is 6.92 Å². The predicted octanol–water partition coefficient (Wildman–Crippen LogP) is 1.98. The maximum absolute atomic E-state index is 11.3. The van der Waals surface area contributed by atoms with Crippen molar-refractivity contribution in [3.63, 3.8) is 0 Å². The molecule has 2 aromatic rings. The number of benzene rings is 2. The minimum atomic E-state index is -1.39. The molecule has 174 valence electrons. The topological polar surface area (TPSA) is 151 Å². The number of nitriles is 1. The minimum absolute atomic E-state index is 0.0819. The van der Waals surface area contributed by atoms with Crippen LogP contribution in [0.2, 0.25) is 0 Å². The Morgan fingerprint density at radius 2 is 2.03 bits per heavy atom. The third kappa shape index (κ3) is 5.04. The van der Waals surface area contributed by atoms with Gasteiger partial charge in [-0.1, -0.05) is 30.3 Å². The van der Waals surface area contributed by atoms with Crippen LogP contribution in [0, 0.1) is 21.6 Å². The molecule has 11 heteroatoms. The molecule has 1 aliphatic heterocycles. The summed E-state index contributed by atoms with van der Waals surface area (Å²) in [7, 11) is 2.82. The van der Waals surface area contributed by atoms with Crippen LogP contribution in [0.25, 0.3) is 0 Å². The molecule has 3 N–H and O–H groups in total. The van der Waals surface area contributed by atoms with Crippen molar-refractivity contribution in [2.75, 3.05) is 14.2 Å². The SMILES string of the molecule is COC(OC)[C@@]1(C)Oc2ccc([N+](=O)[O-])cc2[C@@H](NC(=NCc2ccccc2)NC#N)[C@@H]1O. The average Bonchev–Trinajstić information content (AvgIpc) is 2.81. The van der Waals surface area contributed by atoms with Crippen molar-refractivity contribution in [1.82, 2.24) is 10.6 Å². The van der Waals surface area contributed by atoms with Gasteiger partial charge in [-0.05, 0) is 18.6 Å². The maximum atomic E-state index is 11.3. The monoisotopic (exact) mass is 455 g/mol. The summed E-state index contributed by atoms with van der Waals surface area (Å²) in [5.41, 5.74) is -0.330. The summed E-state index contributed by atoms with van der Waals surface area (Å²) in [6.45, 7) is 1.86. The third-order valence-electron chi connectivity index (χ3n) is 5.40. The van der Waals surface area contributed by atoms with Crippen LogP contribution in [-0.2, 0) is 16.0 Å². The van der Waals surface area contributed by atoms with Gasteiger partial charge in [-0.25, -0.2) is 4.99 Å². The number of aliphatic imine (C=N–C) groups is 1. The first-order chi connectivity index (χ1) is 15.8. The Morgan fingerprint density at radius 3 is 2.64 bits per heavy atom. The van der Waals surface area contributed by atoms with Gasteiger partial charge in [0, 0.05) is 31.9 Å². The molecular formula is C22H25N5O6. The van der Waals surface area contributed by atoms with Gasteiger partial charge in [-0.2, -0.15) is 5.26 Å². The van der Waals surface area contributed by atoms with Crippen molar-refractivity contribution in [3.8, 4) is 11.9 Å². The second-order valence-electron chi connectivity index (χ2n) is 7.52. The summed E-state index contributed by atoms with van der Waals surface area (Å²) in [5, 5.41) is 37.4. The van der Waals surface area contributed by atoms with Crippen LogP contribution in [0.5, 0.6) is 5.75 Å². The Labute approximate surface area is 190 Å². The number of hydrogen-bond donors (Lipinski definition) is 3. The number of hydrogen-bond acceptors (Lipinski definition) is 8. The molecule has 33 heavy (non-hydrogen) atoms. The molecule has 1 aliphatic rings. The summed E-state index contributed by atoms with van der Waals surface area (Å²) in [4.78, 5) is 15.2. The summed E-state index contributed by atoms with van der Waals surface area (Å²) in [6.07, 6.45) is -0.456. The van der Waals surface area contributed by atoms with E-state index in [1.807, 2.05) is 36.5 Å². The number of nitro groups is 1. The zero-order valence-electron chi connectivity index (χ0n) is 18.4. The van der Waals surface area contributed by atoms with Crippen molar-refractivity contribution in [1.29, 1.82) is 5.26 Å². The van der Waals surface area contributed by atoms with E-state index in [4.69, 9.17) is 14.2 Å². The summed E-state index contributed by atoms with van der Waals surface area (Å²) >= 11 is 0. The quantitative estimate of drug-likeness (QED) is 0.108. The standard InChI is InChI=1S/C22H25N5O6/c1-22(20(31-2)32-3)19(28)18(16-11-15(27(29)30)9-10-17(16)33-22)26-21(25-13-23)24-12-14-7-5-4-6-8-14/h4-11,18-20,28H,12H2,1-3H3,(H2,24,25,26)/t18-,19+,22+/m1/s1. The van der Waals surface area contributed by atoms with Crippen LogP contribution in [0.1, 0.15) is 24.1 Å². The van der Waals surface area contributed by atoms with E-state index in [-0.39, 0.29) is 18.2 Å². The molecule has 0 fully saturated rings. The Bertz CT molecular complexity index is 1050. The van der Waals surface area contributed by atoms with Gasteiger partial charge in [0.1, 0.15) is 11.9 Å². The van der Waals surface area contributed by atoms with Crippen molar-refractivity contribution >= 4 is 11.6 Å². The molecule has 0 spiro atoms. The number of guanidine groups is 1. The van der Waals surface area contributed by atoms with Crippen molar-refractivity contribution in [2.24, 2.45) is 4.99 Å². The van der Waals surface area contributed by atoms with Gasteiger partial charge in [0.25, 0.3) is 5.69 Å². The number of aliphatic hydroxyl groups excluding tert-OH is 1. The number of methoxy groups -OCH3 is 2. The Morgan fingerprint density at radius 1 is 1.33 bits per heavy atom. The Hall–Kier alpha value is -3.72. The van der Waals surface area contributed by atoms with Crippen LogP contribution in [0.3, 0.4) is 0 Å². The number of aliphatic hydroxyl groups is 1. The fourth-order valence-electron chi connectivity index (χ4n) is 3.77. The van der Waals surface area contributed by atoms with Crippen molar-refractivity contribution in [2.45, 2.75) is 37.5 Å². The summed E-state index contributed by atoms with van der Waals surface area (Å²) < 4.78 is 16.7. The van der Waals surface area contributed by atoms with Gasteiger partial charge in [0.05, 0.1) is 17.5 Å². The van der Waals surface area contributed by atoms with Crippen molar-refractivity contribution < 1.29 is 24.2 Å². The van der Waals surface area contributed by atoms with Crippen LogP contribution in [0.15, 0.2) is 53.5 Å². The number of fused-ring (bicyclic) bond motifs is 1. The lowest BCUT2D eigenvalue weighted by Crippen LogP contribution is -2.62. The normalized spacial score (nSPS) is 22.1. The van der Waals surface area contributed by atoms with Crippen molar-refractivity contribution in [3.05, 3.63) is 69.8 Å². The molecule has 0 bridgehead atoms. The van der Waals surface area contributed by atoms with Crippen LogP contribution in [-0.4, -0.2) is 48.2 Å². The molecule has 0 aromatic heterocycles. The smallest absolute Gasteiger partial charge is 0.270 e.